The lowest BCUT2D eigenvalue weighted by Gasteiger charge is -2.23. The molecule has 8 nitrogen and oxygen atoms in total. The minimum atomic E-state index is -1.19. The van der Waals surface area contributed by atoms with E-state index in [1.54, 1.807) is 24.9 Å². The number of likely N-dealkylation sites (N-methyl/N-ethyl adjacent to an activating group) is 1. The molecule has 1 aliphatic heterocycles. The van der Waals surface area contributed by atoms with Crippen molar-refractivity contribution in [3.8, 4) is 5.69 Å². The van der Waals surface area contributed by atoms with Crippen LogP contribution in [0, 0.1) is 6.92 Å². The van der Waals surface area contributed by atoms with Crippen LogP contribution >= 0.6 is 0 Å². The van der Waals surface area contributed by atoms with Crippen molar-refractivity contribution < 1.29 is 14.4 Å². The highest BCUT2D eigenvalue weighted by molar-refractivity contribution is 6.09. The smallest absolute Gasteiger partial charge is 0.325 e. The molecule has 0 spiro atoms. The van der Waals surface area contributed by atoms with Crippen molar-refractivity contribution in [2.75, 3.05) is 13.6 Å². The molecule has 2 aromatic carbocycles. The monoisotopic (exact) mass is 431 g/mol. The summed E-state index contributed by atoms with van der Waals surface area (Å²) in [4.78, 5) is 40.8. The van der Waals surface area contributed by atoms with Crippen molar-refractivity contribution >= 4 is 17.8 Å². The molecule has 0 bridgehead atoms. The van der Waals surface area contributed by atoms with Gasteiger partial charge in [0.25, 0.3) is 5.91 Å². The number of nitrogens with one attached hydrogen (secondary N) is 1. The molecule has 1 saturated heterocycles. The largest absolute Gasteiger partial charge is 0.340 e. The predicted octanol–water partition coefficient (Wildman–Crippen LogP) is 2.61. The quantitative estimate of drug-likeness (QED) is 0.608. The zero-order valence-electron chi connectivity index (χ0n) is 18.3. The number of rotatable bonds is 6. The maximum atomic E-state index is 13.1. The molecule has 0 unspecified atom stereocenters. The molecule has 1 N–H and O–H groups in total. The van der Waals surface area contributed by atoms with Crippen LogP contribution in [0.4, 0.5) is 4.79 Å². The third kappa shape index (κ3) is 3.99. The van der Waals surface area contributed by atoms with Gasteiger partial charge < -0.3 is 10.2 Å². The minimum absolute atomic E-state index is 0.310. The summed E-state index contributed by atoms with van der Waals surface area (Å²) in [7, 11) is 1.64. The van der Waals surface area contributed by atoms with E-state index in [1.807, 2.05) is 67.7 Å². The number of carbonyl (C=O) groups excluding carboxylic acids is 3. The second kappa shape index (κ2) is 8.30. The summed E-state index contributed by atoms with van der Waals surface area (Å²) in [6.07, 6.45) is 3.54. The molecule has 1 aromatic heterocycles. The summed E-state index contributed by atoms with van der Waals surface area (Å²) in [5, 5.41) is 7.07. The maximum absolute atomic E-state index is 13.1. The zero-order chi connectivity index (χ0) is 22.9. The number of benzene rings is 2. The molecule has 1 aliphatic rings. The van der Waals surface area contributed by atoms with Crippen LogP contribution in [-0.4, -0.2) is 51.0 Å². The highest BCUT2D eigenvalue weighted by Gasteiger charge is 2.49. The number of carbonyl (C=O) groups is 3. The van der Waals surface area contributed by atoms with E-state index in [2.05, 4.69) is 10.4 Å². The van der Waals surface area contributed by atoms with E-state index in [1.165, 1.54) is 4.90 Å². The van der Waals surface area contributed by atoms with Crippen LogP contribution in [-0.2, 0) is 21.7 Å². The van der Waals surface area contributed by atoms with Gasteiger partial charge in [-0.25, -0.2) is 9.48 Å². The van der Waals surface area contributed by atoms with Gasteiger partial charge in [0.1, 0.15) is 12.1 Å². The maximum Gasteiger partial charge on any atom is 0.325 e. The van der Waals surface area contributed by atoms with Crippen molar-refractivity contribution in [1.82, 2.24) is 24.9 Å². The van der Waals surface area contributed by atoms with E-state index in [0.717, 1.165) is 21.7 Å². The molecule has 0 aliphatic carbocycles. The van der Waals surface area contributed by atoms with Gasteiger partial charge >= 0.3 is 6.03 Å². The Labute approximate surface area is 186 Å². The van der Waals surface area contributed by atoms with Gasteiger partial charge in [0.05, 0.1) is 11.9 Å². The van der Waals surface area contributed by atoms with Crippen LogP contribution in [0.1, 0.15) is 23.6 Å². The van der Waals surface area contributed by atoms with E-state index in [9.17, 15) is 14.4 Å². The number of aryl methyl sites for hydroxylation is 1. The average Bonchev–Trinajstić information content (AvgIpc) is 3.33. The van der Waals surface area contributed by atoms with Crippen LogP contribution in [0.5, 0.6) is 0 Å². The fourth-order valence-corrected chi connectivity index (χ4v) is 3.70. The lowest BCUT2D eigenvalue weighted by atomic mass is 9.91. The van der Waals surface area contributed by atoms with Gasteiger partial charge in [-0.3, -0.25) is 14.5 Å². The summed E-state index contributed by atoms with van der Waals surface area (Å²) in [5.74, 6) is -0.779. The van der Waals surface area contributed by atoms with E-state index in [-0.39, 0.29) is 12.5 Å². The second-order valence-electron chi connectivity index (χ2n) is 8.19. The number of aromatic nitrogens is 2. The molecule has 4 rings (SSSR count). The molecular weight excluding hydrogens is 406 g/mol. The molecule has 1 fully saturated rings. The third-order valence-electron chi connectivity index (χ3n) is 5.70. The third-order valence-corrected chi connectivity index (χ3v) is 5.70. The van der Waals surface area contributed by atoms with Gasteiger partial charge in [-0.1, -0.05) is 48.0 Å². The predicted molar refractivity (Wildman–Crippen MR) is 119 cm³/mol. The Balaban J connectivity index is 1.42. The minimum Gasteiger partial charge on any atom is -0.340 e. The van der Waals surface area contributed by atoms with Crippen LogP contribution < -0.4 is 5.32 Å². The van der Waals surface area contributed by atoms with E-state index in [4.69, 9.17) is 0 Å². The molecule has 0 saturated carbocycles. The molecule has 0 radical (unpaired) electrons. The van der Waals surface area contributed by atoms with Gasteiger partial charge in [-0.05, 0) is 31.5 Å². The molecule has 4 amide bonds. The SMILES string of the molecule is Cc1ccc([C@@]2(C)NC(=O)N(CC(=O)N(C)Cc3cnn(-c4ccccc4)c3)C2=O)cc1. The lowest BCUT2D eigenvalue weighted by molar-refractivity contribution is -0.138. The van der Waals surface area contributed by atoms with Crippen LogP contribution in [0.2, 0.25) is 0 Å². The topological polar surface area (TPSA) is 87.5 Å². The first-order chi connectivity index (χ1) is 15.3. The first-order valence-corrected chi connectivity index (χ1v) is 10.3. The molecule has 2 heterocycles. The Hall–Kier alpha value is -3.94. The molecule has 8 heteroatoms. The van der Waals surface area contributed by atoms with E-state index < -0.39 is 17.5 Å². The Kier molecular flexibility index (Phi) is 5.52. The molecular formula is C24H25N5O3. The zero-order valence-corrected chi connectivity index (χ0v) is 18.3. The van der Waals surface area contributed by atoms with Gasteiger partial charge in [-0.15, -0.1) is 0 Å². The molecule has 3 aromatic rings. The number of hydrogen-bond donors (Lipinski definition) is 1. The van der Waals surface area contributed by atoms with Crippen LogP contribution in [0.25, 0.3) is 5.69 Å². The van der Waals surface area contributed by atoms with Crippen molar-refractivity contribution in [2.45, 2.75) is 25.9 Å². The average molecular weight is 431 g/mol. The Morgan fingerprint density at radius 2 is 1.78 bits per heavy atom. The summed E-state index contributed by atoms with van der Waals surface area (Å²) in [6.45, 7) is 3.59. The number of hydrogen-bond acceptors (Lipinski definition) is 4. The lowest BCUT2D eigenvalue weighted by Crippen LogP contribution is -2.43. The number of nitrogens with zero attached hydrogens (tertiary/aromatic N) is 4. The molecule has 164 valence electrons. The Morgan fingerprint density at radius 1 is 1.09 bits per heavy atom. The van der Waals surface area contributed by atoms with Crippen LogP contribution in [0.3, 0.4) is 0 Å². The van der Waals surface area contributed by atoms with Crippen LogP contribution in [0.15, 0.2) is 67.0 Å². The van der Waals surface area contributed by atoms with Crippen molar-refractivity contribution in [3.63, 3.8) is 0 Å². The number of amides is 4. The summed E-state index contributed by atoms with van der Waals surface area (Å²) >= 11 is 0. The number of imide groups is 1. The van der Waals surface area contributed by atoms with Gasteiger partial charge in [0.15, 0.2) is 0 Å². The van der Waals surface area contributed by atoms with E-state index in [0.29, 0.717) is 12.1 Å². The van der Waals surface area contributed by atoms with E-state index >= 15 is 0 Å². The standard InChI is InChI=1S/C24H25N5O3/c1-17-9-11-19(12-10-17)24(2)22(31)28(23(32)26-24)16-21(30)27(3)14-18-13-25-29(15-18)20-7-5-4-6-8-20/h4-13,15H,14,16H2,1-3H3,(H,26,32)/t24-/m1/s1. The highest BCUT2D eigenvalue weighted by Crippen LogP contribution is 2.29. The van der Waals surface area contributed by atoms with Crippen molar-refractivity contribution in [2.24, 2.45) is 0 Å². The summed E-state index contributed by atoms with van der Waals surface area (Å²) < 4.78 is 1.73. The normalized spacial score (nSPS) is 18.0. The van der Waals surface area contributed by atoms with Crippen molar-refractivity contribution in [3.05, 3.63) is 83.7 Å². The number of urea groups is 1. The summed E-state index contributed by atoms with van der Waals surface area (Å²) in [5.41, 5.74) is 2.30. The Bertz CT molecular complexity index is 1160. The first kappa shape index (κ1) is 21.3. The highest BCUT2D eigenvalue weighted by atomic mass is 16.2. The summed E-state index contributed by atoms with van der Waals surface area (Å²) in [6, 6.07) is 16.5. The van der Waals surface area contributed by atoms with Gasteiger partial charge in [-0.2, -0.15) is 5.10 Å². The molecule has 32 heavy (non-hydrogen) atoms. The number of para-hydroxylation sites is 1. The second-order valence-corrected chi connectivity index (χ2v) is 8.19. The van der Waals surface area contributed by atoms with Gasteiger partial charge in [0, 0.05) is 25.4 Å². The Morgan fingerprint density at radius 3 is 2.47 bits per heavy atom. The fraction of sp³-hybridized carbons (Fsp3) is 0.250. The van der Waals surface area contributed by atoms with Gasteiger partial charge in [0.2, 0.25) is 5.91 Å². The fourth-order valence-electron chi connectivity index (χ4n) is 3.70. The molecule has 1 atom stereocenters. The first-order valence-electron chi connectivity index (χ1n) is 10.3. The van der Waals surface area contributed by atoms with Crippen molar-refractivity contribution in [1.29, 1.82) is 0 Å².